The monoisotopic (exact) mass is 318 g/mol. The van der Waals surface area contributed by atoms with Gasteiger partial charge in [-0.15, -0.1) is 0 Å². The van der Waals surface area contributed by atoms with Gasteiger partial charge in [-0.25, -0.2) is 9.97 Å². The number of piperazine rings is 1. The minimum atomic E-state index is 0.702. The van der Waals surface area contributed by atoms with Gasteiger partial charge >= 0.3 is 0 Å². The van der Waals surface area contributed by atoms with Gasteiger partial charge in [0, 0.05) is 52.7 Å². The van der Waals surface area contributed by atoms with Crippen molar-refractivity contribution in [1.82, 2.24) is 15.0 Å². The molecule has 1 aliphatic heterocycles. The summed E-state index contributed by atoms with van der Waals surface area (Å²) >= 11 is 6.22. The summed E-state index contributed by atoms with van der Waals surface area (Å²) in [5.74, 6) is 2.55. The molecule has 116 valence electrons. The lowest BCUT2D eigenvalue weighted by molar-refractivity contribution is 0.641. The molecule has 6 nitrogen and oxygen atoms in total. The van der Waals surface area contributed by atoms with Crippen molar-refractivity contribution in [2.24, 2.45) is 0 Å². The van der Waals surface area contributed by atoms with Gasteiger partial charge in [0.1, 0.15) is 11.6 Å². The van der Waals surface area contributed by atoms with Crippen molar-refractivity contribution < 1.29 is 0 Å². The summed E-state index contributed by atoms with van der Waals surface area (Å²) in [5, 5.41) is 0.702. The van der Waals surface area contributed by atoms with Gasteiger partial charge in [-0.2, -0.15) is 4.98 Å². The third-order valence-corrected chi connectivity index (χ3v) is 3.97. The number of pyridine rings is 1. The third kappa shape index (κ3) is 3.06. The van der Waals surface area contributed by atoms with Crippen LogP contribution in [0.15, 0.2) is 30.6 Å². The van der Waals surface area contributed by atoms with Crippen LogP contribution in [0.25, 0.3) is 0 Å². The van der Waals surface area contributed by atoms with E-state index in [1.165, 1.54) is 0 Å². The summed E-state index contributed by atoms with van der Waals surface area (Å²) in [6.45, 7) is 3.52. The SMILES string of the molecule is CN(C)c1nccc(N2CCN(c3ncccc3Cl)CC2)n1. The van der Waals surface area contributed by atoms with Crippen molar-refractivity contribution in [3.63, 3.8) is 0 Å². The van der Waals surface area contributed by atoms with Crippen LogP contribution in [-0.4, -0.2) is 55.2 Å². The molecule has 3 heterocycles. The smallest absolute Gasteiger partial charge is 0.226 e. The largest absolute Gasteiger partial charge is 0.353 e. The number of halogens is 1. The van der Waals surface area contributed by atoms with E-state index in [1.54, 1.807) is 12.4 Å². The summed E-state index contributed by atoms with van der Waals surface area (Å²) in [4.78, 5) is 19.6. The molecule has 0 aliphatic carbocycles. The quantitative estimate of drug-likeness (QED) is 0.861. The molecule has 2 aromatic rings. The van der Waals surface area contributed by atoms with Crippen LogP contribution in [0, 0.1) is 0 Å². The normalized spacial score (nSPS) is 15.0. The Balaban J connectivity index is 1.69. The van der Waals surface area contributed by atoms with Crippen molar-refractivity contribution in [3.8, 4) is 0 Å². The van der Waals surface area contributed by atoms with Gasteiger partial charge in [-0.1, -0.05) is 11.6 Å². The second kappa shape index (κ2) is 6.36. The summed E-state index contributed by atoms with van der Waals surface area (Å²) in [6.07, 6.45) is 3.58. The van der Waals surface area contributed by atoms with E-state index < -0.39 is 0 Å². The Morgan fingerprint density at radius 1 is 1.00 bits per heavy atom. The summed E-state index contributed by atoms with van der Waals surface area (Å²) < 4.78 is 0. The van der Waals surface area contributed by atoms with Gasteiger partial charge in [0.2, 0.25) is 5.95 Å². The van der Waals surface area contributed by atoms with E-state index in [2.05, 4.69) is 24.8 Å². The third-order valence-electron chi connectivity index (χ3n) is 3.67. The highest BCUT2D eigenvalue weighted by Crippen LogP contribution is 2.24. The van der Waals surface area contributed by atoms with Gasteiger partial charge in [0.15, 0.2) is 0 Å². The zero-order valence-corrected chi connectivity index (χ0v) is 13.5. The fourth-order valence-corrected chi connectivity index (χ4v) is 2.73. The summed E-state index contributed by atoms with van der Waals surface area (Å²) in [7, 11) is 3.89. The van der Waals surface area contributed by atoms with E-state index in [0.717, 1.165) is 43.8 Å². The summed E-state index contributed by atoms with van der Waals surface area (Å²) in [6, 6.07) is 5.69. The average Bonchev–Trinajstić information content (AvgIpc) is 2.56. The maximum Gasteiger partial charge on any atom is 0.226 e. The molecule has 1 saturated heterocycles. The second-order valence-corrected chi connectivity index (χ2v) is 5.80. The second-order valence-electron chi connectivity index (χ2n) is 5.39. The molecule has 0 saturated carbocycles. The molecule has 0 N–H and O–H groups in total. The van der Waals surface area contributed by atoms with Crippen molar-refractivity contribution in [3.05, 3.63) is 35.6 Å². The molecule has 3 rings (SSSR count). The maximum absolute atomic E-state index is 6.22. The Bertz CT molecular complexity index is 639. The lowest BCUT2D eigenvalue weighted by atomic mass is 10.3. The van der Waals surface area contributed by atoms with Crippen LogP contribution in [-0.2, 0) is 0 Å². The van der Waals surface area contributed by atoms with Crippen LogP contribution in [0.4, 0.5) is 17.6 Å². The van der Waals surface area contributed by atoms with Gasteiger partial charge in [-0.3, -0.25) is 0 Å². The number of anilines is 3. The number of aromatic nitrogens is 3. The highest BCUT2D eigenvalue weighted by molar-refractivity contribution is 6.32. The molecule has 0 radical (unpaired) electrons. The fourth-order valence-electron chi connectivity index (χ4n) is 2.49. The van der Waals surface area contributed by atoms with E-state index in [0.29, 0.717) is 5.02 Å². The summed E-state index contributed by atoms with van der Waals surface area (Å²) in [5.41, 5.74) is 0. The lowest BCUT2D eigenvalue weighted by Crippen LogP contribution is -2.47. The first-order valence-electron chi connectivity index (χ1n) is 7.26. The van der Waals surface area contributed by atoms with E-state index in [9.17, 15) is 0 Å². The van der Waals surface area contributed by atoms with Crippen LogP contribution >= 0.6 is 11.6 Å². The topological polar surface area (TPSA) is 48.4 Å². The van der Waals surface area contributed by atoms with Crippen molar-refractivity contribution >= 4 is 29.2 Å². The standard InChI is InChI=1S/C15H19ClN6/c1-20(2)15-18-7-5-13(19-15)21-8-10-22(11-9-21)14-12(16)4-3-6-17-14/h3-7H,8-11H2,1-2H3. The molecule has 0 spiro atoms. The van der Waals surface area contributed by atoms with Crippen LogP contribution in [0.3, 0.4) is 0 Å². The van der Waals surface area contributed by atoms with E-state index in [4.69, 9.17) is 11.6 Å². The predicted octanol–water partition coefficient (Wildman–Crippen LogP) is 1.92. The van der Waals surface area contributed by atoms with E-state index in [1.807, 2.05) is 37.2 Å². The van der Waals surface area contributed by atoms with Crippen molar-refractivity contribution in [2.45, 2.75) is 0 Å². The number of hydrogen-bond donors (Lipinski definition) is 0. The van der Waals surface area contributed by atoms with E-state index >= 15 is 0 Å². The predicted molar refractivity (Wildman–Crippen MR) is 90.0 cm³/mol. The zero-order valence-electron chi connectivity index (χ0n) is 12.8. The Hall–Kier alpha value is -2.08. The van der Waals surface area contributed by atoms with Crippen molar-refractivity contribution in [2.75, 3.05) is 55.0 Å². The molecule has 2 aromatic heterocycles. The number of hydrogen-bond acceptors (Lipinski definition) is 6. The minimum absolute atomic E-state index is 0.702. The van der Waals surface area contributed by atoms with Gasteiger partial charge < -0.3 is 14.7 Å². The molecule has 1 aliphatic rings. The molecule has 22 heavy (non-hydrogen) atoms. The van der Waals surface area contributed by atoms with Crippen LogP contribution < -0.4 is 14.7 Å². The maximum atomic E-state index is 6.22. The zero-order chi connectivity index (χ0) is 15.5. The molecular weight excluding hydrogens is 300 g/mol. The van der Waals surface area contributed by atoms with Crippen LogP contribution in [0.2, 0.25) is 5.02 Å². The van der Waals surface area contributed by atoms with Crippen LogP contribution in [0.5, 0.6) is 0 Å². The molecule has 0 bridgehead atoms. The molecule has 0 atom stereocenters. The highest BCUT2D eigenvalue weighted by Gasteiger charge is 2.21. The van der Waals surface area contributed by atoms with Gasteiger partial charge in [0.05, 0.1) is 5.02 Å². The lowest BCUT2D eigenvalue weighted by Gasteiger charge is -2.36. The molecule has 0 unspecified atom stereocenters. The molecule has 0 amide bonds. The first-order chi connectivity index (χ1) is 10.6. The van der Waals surface area contributed by atoms with Crippen LogP contribution in [0.1, 0.15) is 0 Å². The first kappa shape index (κ1) is 14.8. The Morgan fingerprint density at radius 3 is 2.41 bits per heavy atom. The molecular formula is C15H19ClN6. The fraction of sp³-hybridized carbons (Fsp3) is 0.400. The van der Waals surface area contributed by atoms with Gasteiger partial charge in [-0.05, 0) is 18.2 Å². The first-order valence-corrected chi connectivity index (χ1v) is 7.64. The number of rotatable bonds is 3. The van der Waals surface area contributed by atoms with Crippen molar-refractivity contribution in [1.29, 1.82) is 0 Å². The Morgan fingerprint density at radius 2 is 1.73 bits per heavy atom. The van der Waals surface area contributed by atoms with E-state index in [-0.39, 0.29) is 0 Å². The number of nitrogens with zero attached hydrogens (tertiary/aromatic N) is 6. The molecule has 0 aromatic carbocycles. The average molecular weight is 319 g/mol. The minimum Gasteiger partial charge on any atom is -0.353 e. The Kier molecular flexibility index (Phi) is 4.29. The molecule has 7 heteroatoms. The highest BCUT2D eigenvalue weighted by atomic mass is 35.5. The molecule has 1 fully saturated rings. The Labute approximate surface area is 135 Å². The van der Waals surface area contributed by atoms with Gasteiger partial charge in [0.25, 0.3) is 0 Å².